The first kappa shape index (κ1) is 30.2. The Hall–Kier alpha value is -0.790. The minimum atomic E-state index is 0.621. The van der Waals surface area contributed by atoms with Crippen molar-refractivity contribution in [2.45, 2.75) is 181 Å². The SMILES string of the molecule is CCCCCCCCCCCCCCCC(C)c1[nH]cc[n+]1C(C)CCCCCCCCC. The summed E-state index contributed by atoms with van der Waals surface area (Å²) < 4.78 is 2.53. The summed E-state index contributed by atoms with van der Waals surface area (Å²) in [6, 6.07) is 0.621. The average molecular weight is 462 g/mol. The van der Waals surface area contributed by atoms with Gasteiger partial charge in [0.2, 0.25) is 0 Å². The van der Waals surface area contributed by atoms with Gasteiger partial charge in [0.05, 0.1) is 12.0 Å². The van der Waals surface area contributed by atoms with E-state index in [1.165, 1.54) is 147 Å². The highest BCUT2D eigenvalue weighted by molar-refractivity contribution is 4.87. The number of aromatic amines is 1. The quantitative estimate of drug-likeness (QED) is 0.117. The van der Waals surface area contributed by atoms with Gasteiger partial charge in [-0.2, -0.15) is 0 Å². The maximum Gasteiger partial charge on any atom is 0.257 e. The van der Waals surface area contributed by atoms with Crippen LogP contribution >= 0.6 is 0 Å². The number of hydrogen-bond acceptors (Lipinski definition) is 0. The van der Waals surface area contributed by atoms with Gasteiger partial charge in [-0.25, -0.2) is 9.55 Å². The van der Waals surface area contributed by atoms with Crippen molar-refractivity contribution >= 4 is 0 Å². The monoisotopic (exact) mass is 461 g/mol. The number of rotatable bonds is 24. The van der Waals surface area contributed by atoms with Crippen molar-refractivity contribution < 1.29 is 4.57 Å². The lowest BCUT2D eigenvalue weighted by Gasteiger charge is -2.14. The molecule has 0 aliphatic carbocycles. The molecule has 33 heavy (non-hydrogen) atoms. The van der Waals surface area contributed by atoms with Gasteiger partial charge in [0.25, 0.3) is 5.82 Å². The molecule has 194 valence electrons. The highest BCUT2D eigenvalue weighted by Gasteiger charge is 2.22. The van der Waals surface area contributed by atoms with E-state index in [9.17, 15) is 0 Å². The molecule has 0 aliphatic rings. The Morgan fingerprint density at radius 2 is 0.970 bits per heavy atom. The van der Waals surface area contributed by atoms with Crippen LogP contribution in [0.15, 0.2) is 12.4 Å². The molecule has 1 N–H and O–H groups in total. The summed E-state index contributed by atoms with van der Waals surface area (Å²) in [6.07, 6.45) is 35.6. The summed E-state index contributed by atoms with van der Waals surface area (Å²) in [7, 11) is 0. The molecule has 0 saturated heterocycles. The number of imidazole rings is 1. The first-order valence-corrected chi connectivity index (χ1v) is 15.3. The molecular weight excluding hydrogens is 400 g/mol. The lowest BCUT2D eigenvalue weighted by atomic mass is 10.00. The molecule has 0 saturated carbocycles. The van der Waals surface area contributed by atoms with E-state index in [-0.39, 0.29) is 0 Å². The highest BCUT2D eigenvalue weighted by atomic mass is 15.1. The van der Waals surface area contributed by atoms with Crippen LogP contribution in [0.1, 0.15) is 187 Å². The minimum absolute atomic E-state index is 0.621. The summed E-state index contributed by atoms with van der Waals surface area (Å²) >= 11 is 0. The van der Waals surface area contributed by atoms with Crippen molar-refractivity contribution in [1.82, 2.24) is 4.98 Å². The predicted octanol–water partition coefficient (Wildman–Crippen LogP) is 10.6. The number of H-pyrrole nitrogens is 1. The second kappa shape index (κ2) is 21.7. The molecule has 0 aliphatic heterocycles. The van der Waals surface area contributed by atoms with Gasteiger partial charge in [0.1, 0.15) is 12.4 Å². The van der Waals surface area contributed by atoms with Crippen LogP contribution in [0.2, 0.25) is 0 Å². The van der Waals surface area contributed by atoms with E-state index in [2.05, 4.69) is 49.6 Å². The lowest BCUT2D eigenvalue weighted by molar-refractivity contribution is -0.727. The maximum atomic E-state index is 3.57. The van der Waals surface area contributed by atoms with Gasteiger partial charge in [-0.05, 0) is 26.2 Å². The zero-order valence-corrected chi connectivity index (χ0v) is 23.3. The first-order chi connectivity index (χ1) is 16.2. The van der Waals surface area contributed by atoms with Crippen LogP contribution in [0, 0.1) is 0 Å². The molecule has 2 heteroatoms. The van der Waals surface area contributed by atoms with E-state index in [0.717, 1.165) is 0 Å². The molecule has 0 fully saturated rings. The first-order valence-electron chi connectivity index (χ1n) is 15.3. The summed E-state index contributed by atoms with van der Waals surface area (Å²) in [5, 5.41) is 0. The second-order valence-corrected chi connectivity index (χ2v) is 10.9. The molecule has 0 radical (unpaired) electrons. The number of hydrogen-bond donors (Lipinski definition) is 1. The largest absolute Gasteiger partial charge is 0.257 e. The van der Waals surface area contributed by atoms with E-state index >= 15 is 0 Å². The normalized spacial score (nSPS) is 13.5. The van der Waals surface area contributed by atoms with Gasteiger partial charge in [0, 0.05) is 0 Å². The van der Waals surface area contributed by atoms with E-state index in [1.54, 1.807) is 0 Å². The van der Waals surface area contributed by atoms with Crippen LogP contribution in [0.4, 0.5) is 0 Å². The van der Waals surface area contributed by atoms with Crippen LogP contribution in [0.5, 0.6) is 0 Å². The fourth-order valence-electron chi connectivity index (χ4n) is 5.28. The lowest BCUT2D eigenvalue weighted by Crippen LogP contribution is -2.40. The predicted molar refractivity (Wildman–Crippen MR) is 147 cm³/mol. The topological polar surface area (TPSA) is 19.7 Å². The third-order valence-corrected chi connectivity index (χ3v) is 7.65. The van der Waals surface area contributed by atoms with Gasteiger partial charge in [0.15, 0.2) is 0 Å². The zero-order chi connectivity index (χ0) is 24.0. The molecule has 2 unspecified atom stereocenters. The van der Waals surface area contributed by atoms with Crippen molar-refractivity contribution in [3.8, 4) is 0 Å². The zero-order valence-electron chi connectivity index (χ0n) is 23.3. The van der Waals surface area contributed by atoms with Crippen molar-refractivity contribution in [2.24, 2.45) is 0 Å². The smallest absolute Gasteiger partial charge is 0.247 e. The van der Waals surface area contributed by atoms with E-state index in [4.69, 9.17) is 0 Å². The number of nitrogens with zero attached hydrogens (tertiary/aromatic N) is 1. The fourth-order valence-corrected chi connectivity index (χ4v) is 5.28. The molecule has 1 aromatic rings. The van der Waals surface area contributed by atoms with Gasteiger partial charge < -0.3 is 0 Å². The molecule has 1 aromatic heterocycles. The van der Waals surface area contributed by atoms with Crippen molar-refractivity contribution in [1.29, 1.82) is 0 Å². The molecular formula is C31H61N2+. The Morgan fingerprint density at radius 3 is 1.42 bits per heavy atom. The van der Waals surface area contributed by atoms with E-state index < -0.39 is 0 Å². The second-order valence-electron chi connectivity index (χ2n) is 10.9. The Morgan fingerprint density at radius 1 is 0.576 bits per heavy atom. The van der Waals surface area contributed by atoms with Crippen LogP contribution in [-0.4, -0.2) is 4.98 Å². The van der Waals surface area contributed by atoms with Crippen LogP contribution in [0.25, 0.3) is 0 Å². The van der Waals surface area contributed by atoms with Crippen molar-refractivity contribution in [3.05, 3.63) is 18.2 Å². The molecule has 0 aromatic carbocycles. The number of nitrogens with one attached hydrogen (secondary N) is 1. The molecule has 0 amide bonds. The van der Waals surface area contributed by atoms with E-state index in [1.807, 2.05) is 0 Å². The number of aromatic nitrogens is 2. The maximum absolute atomic E-state index is 3.57. The third-order valence-electron chi connectivity index (χ3n) is 7.65. The van der Waals surface area contributed by atoms with Crippen LogP contribution in [-0.2, 0) is 0 Å². The van der Waals surface area contributed by atoms with Crippen molar-refractivity contribution in [3.63, 3.8) is 0 Å². The number of unbranched alkanes of at least 4 members (excludes halogenated alkanes) is 18. The molecule has 0 spiro atoms. The van der Waals surface area contributed by atoms with Gasteiger partial charge in [-0.1, -0.05) is 143 Å². The molecule has 0 bridgehead atoms. The summed E-state index contributed by atoms with van der Waals surface area (Å²) in [5.41, 5.74) is 0. The fraction of sp³-hybridized carbons (Fsp3) is 0.903. The Kier molecular flexibility index (Phi) is 19.9. The van der Waals surface area contributed by atoms with Crippen LogP contribution in [0.3, 0.4) is 0 Å². The molecule has 2 atom stereocenters. The summed E-state index contributed by atoms with van der Waals surface area (Å²) in [5.74, 6) is 2.09. The molecule has 1 rings (SSSR count). The van der Waals surface area contributed by atoms with Gasteiger partial charge >= 0.3 is 0 Å². The molecule has 2 nitrogen and oxygen atoms in total. The van der Waals surface area contributed by atoms with E-state index in [0.29, 0.717) is 12.0 Å². The highest BCUT2D eigenvalue weighted by Crippen LogP contribution is 2.21. The van der Waals surface area contributed by atoms with Crippen LogP contribution < -0.4 is 4.57 Å². The molecule has 1 heterocycles. The Labute approximate surface area is 208 Å². The standard InChI is InChI=1S/C31H60N2/c1-5-7-9-11-13-14-15-16-17-18-20-21-23-25-29(3)31-32-27-28-33(31)30(4)26-24-22-19-12-10-8-6-2/h27-30H,5-26H2,1-4H3/p+1. The Bertz CT molecular complexity index is 521. The summed E-state index contributed by atoms with van der Waals surface area (Å²) in [4.78, 5) is 3.57. The van der Waals surface area contributed by atoms with Gasteiger partial charge in [-0.15, -0.1) is 0 Å². The third kappa shape index (κ3) is 15.7. The summed E-state index contributed by atoms with van der Waals surface area (Å²) in [6.45, 7) is 9.43. The minimum Gasteiger partial charge on any atom is -0.247 e. The average Bonchev–Trinajstić information content (AvgIpc) is 3.31. The van der Waals surface area contributed by atoms with Gasteiger partial charge in [-0.3, -0.25) is 0 Å². The Balaban J connectivity index is 2.06. The van der Waals surface area contributed by atoms with Crippen molar-refractivity contribution in [2.75, 3.05) is 0 Å².